The van der Waals surface area contributed by atoms with Gasteiger partial charge in [0.1, 0.15) is 11.3 Å². The molecule has 1 aromatic heterocycles. The van der Waals surface area contributed by atoms with Gasteiger partial charge in [-0.05, 0) is 61.4 Å². The Balaban J connectivity index is 1.97. The maximum atomic E-state index is 12.3. The number of benzene rings is 2. The number of amides is 1. The Morgan fingerprint density at radius 2 is 1.83 bits per heavy atom. The van der Waals surface area contributed by atoms with Crippen molar-refractivity contribution in [3.63, 3.8) is 0 Å². The van der Waals surface area contributed by atoms with Crippen LogP contribution in [0.3, 0.4) is 0 Å². The zero-order valence-electron chi connectivity index (χ0n) is 12.6. The molecule has 0 aliphatic rings. The van der Waals surface area contributed by atoms with E-state index < -0.39 is 5.63 Å². The van der Waals surface area contributed by atoms with E-state index in [4.69, 9.17) is 4.42 Å². The van der Waals surface area contributed by atoms with Gasteiger partial charge in [-0.25, -0.2) is 4.79 Å². The number of anilines is 1. The number of hydrogen-bond donors (Lipinski definition) is 1. The molecule has 4 nitrogen and oxygen atoms in total. The number of halogens is 1. The normalized spacial score (nSPS) is 10.7. The van der Waals surface area contributed by atoms with Crippen LogP contribution >= 0.6 is 15.9 Å². The first-order valence-corrected chi connectivity index (χ1v) is 7.85. The van der Waals surface area contributed by atoms with Gasteiger partial charge in [-0.2, -0.15) is 0 Å². The summed E-state index contributed by atoms with van der Waals surface area (Å²) in [6, 6.07) is 12.3. The topological polar surface area (TPSA) is 59.3 Å². The number of carbonyl (C=O) groups excluding carboxylic acids is 1. The van der Waals surface area contributed by atoms with Crippen molar-refractivity contribution in [2.45, 2.75) is 13.8 Å². The maximum absolute atomic E-state index is 12.3. The van der Waals surface area contributed by atoms with Crippen molar-refractivity contribution >= 4 is 38.5 Å². The molecule has 0 aliphatic heterocycles. The van der Waals surface area contributed by atoms with Crippen LogP contribution < -0.4 is 10.9 Å². The van der Waals surface area contributed by atoms with Gasteiger partial charge in [0.05, 0.1) is 0 Å². The van der Waals surface area contributed by atoms with E-state index in [2.05, 4.69) is 21.2 Å². The second-order valence-electron chi connectivity index (χ2n) is 5.38. The van der Waals surface area contributed by atoms with E-state index in [-0.39, 0.29) is 11.6 Å². The number of hydrogen-bond acceptors (Lipinski definition) is 3. The SMILES string of the molecule is Cc1ccc(C(=O)Nc2cc3cc(Br)ccc3oc2=O)cc1C. The average Bonchev–Trinajstić information content (AvgIpc) is 2.51. The third-order valence-corrected chi connectivity index (χ3v) is 4.20. The smallest absolute Gasteiger partial charge is 0.360 e. The van der Waals surface area contributed by atoms with Gasteiger partial charge in [-0.15, -0.1) is 0 Å². The largest absolute Gasteiger partial charge is 0.421 e. The molecule has 0 bridgehead atoms. The first-order chi connectivity index (χ1) is 10.9. The van der Waals surface area contributed by atoms with Crippen LogP contribution in [-0.2, 0) is 0 Å². The number of carbonyl (C=O) groups is 1. The Hall–Kier alpha value is -2.40. The fourth-order valence-electron chi connectivity index (χ4n) is 2.26. The molecule has 3 rings (SSSR count). The summed E-state index contributed by atoms with van der Waals surface area (Å²) >= 11 is 3.37. The highest BCUT2D eigenvalue weighted by Crippen LogP contribution is 2.21. The van der Waals surface area contributed by atoms with E-state index in [1.165, 1.54) is 0 Å². The van der Waals surface area contributed by atoms with Crippen LogP contribution in [-0.4, -0.2) is 5.91 Å². The fourth-order valence-corrected chi connectivity index (χ4v) is 2.64. The van der Waals surface area contributed by atoms with Crippen LogP contribution in [0.5, 0.6) is 0 Å². The predicted octanol–water partition coefficient (Wildman–Crippen LogP) is 4.42. The molecule has 2 aromatic carbocycles. The molecule has 0 saturated carbocycles. The van der Waals surface area contributed by atoms with Crippen LogP contribution in [0.25, 0.3) is 11.0 Å². The Morgan fingerprint density at radius 1 is 1.04 bits per heavy atom. The van der Waals surface area contributed by atoms with Gasteiger partial charge in [0, 0.05) is 15.4 Å². The van der Waals surface area contributed by atoms with Crippen molar-refractivity contribution in [1.29, 1.82) is 0 Å². The first kappa shape index (κ1) is 15.5. The van der Waals surface area contributed by atoms with Gasteiger partial charge in [-0.3, -0.25) is 4.79 Å². The minimum absolute atomic E-state index is 0.124. The molecule has 1 N–H and O–H groups in total. The van der Waals surface area contributed by atoms with Gasteiger partial charge in [0.2, 0.25) is 0 Å². The van der Waals surface area contributed by atoms with Crippen LogP contribution in [0.1, 0.15) is 21.5 Å². The van der Waals surface area contributed by atoms with Crippen molar-refractivity contribution in [2.75, 3.05) is 5.32 Å². The molecule has 1 heterocycles. The molecule has 0 unspecified atom stereocenters. The Labute approximate surface area is 141 Å². The van der Waals surface area contributed by atoms with Gasteiger partial charge >= 0.3 is 5.63 Å². The number of nitrogens with one attached hydrogen (secondary N) is 1. The summed E-state index contributed by atoms with van der Waals surface area (Å²) in [7, 11) is 0. The molecule has 116 valence electrons. The van der Waals surface area contributed by atoms with Crippen molar-refractivity contribution in [3.05, 3.63) is 74.0 Å². The van der Waals surface area contributed by atoms with Gasteiger partial charge in [0.25, 0.3) is 5.91 Å². The lowest BCUT2D eigenvalue weighted by molar-refractivity contribution is 0.102. The predicted molar refractivity (Wildman–Crippen MR) is 94.1 cm³/mol. The molecule has 1 amide bonds. The van der Waals surface area contributed by atoms with Crippen LogP contribution in [0, 0.1) is 13.8 Å². The molecule has 23 heavy (non-hydrogen) atoms. The lowest BCUT2D eigenvalue weighted by Gasteiger charge is -2.07. The number of rotatable bonds is 2. The van der Waals surface area contributed by atoms with E-state index in [0.717, 1.165) is 21.0 Å². The highest BCUT2D eigenvalue weighted by Gasteiger charge is 2.12. The molecule has 0 fully saturated rings. The summed E-state index contributed by atoms with van der Waals surface area (Å²) in [5, 5.41) is 3.36. The van der Waals surface area contributed by atoms with Gasteiger partial charge in [0.15, 0.2) is 0 Å². The highest BCUT2D eigenvalue weighted by atomic mass is 79.9. The molecule has 0 radical (unpaired) electrons. The Bertz CT molecular complexity index is 976. The Kier molecular flexibility index (Phi) is 4.05. The summed E-state index contributed by atoms with van der Waals surface area (Å²) in [4.78, 5) is 24.3. The molecular formula is C18H14BrNO3. The first-order valence-electron chi connectivity index (χ1n) is 7.06. The molecule has 0 aliphatic carbocycles. The average molecular weight is 372 g/mol. The van der Waals surface area contributed by atoms with E-state index in [9.17, 15) is 9.59 Å². The van der Waals surface area contributed by atoms with Crippen LogP contribution in [0.4, 0.5) is 5.69 Å². The summed E-state index contributed by atoms with van der Waals surface area (Å²) in [5.74, 6) is -0.338. The van der Waals surface area contributed by atoms with Crippen molar-refractivity contribution in [3.8, 4) is 0 Å². The zero-order chi connectivity index (χ0) is 16.6. The molecule has 0 atom stereocenters. The van der Waals surface area contributed by atoms with Crippen molar-refractivity contribution < 1.29 is 9.21 Å². The summed E-state index contributed by atoms with van der Waals surface area (Å²) < 4.78 is 6.10. The molecule has 0 saturated heterocycles. The lowest BCUT2D eigenvalue weighted by atomic mass is 10.1. The Morgan fingerprint density at radius 3 is 2.57 bits per heavy atom. The quantitative estimate of drug-likeness (QED) is 0.678. The van der Waals surface area contributed by atoms with E-state index >= 15 is 0 Å². The van der Waals surface area contributed by atoms with E-state index in [0.29, 0.717) is 11.1 Å². The lowest BCUT2D eigenvalue weighted by Crippen LogP contribution is -2.18. The standard InChI is InChI=1S/C18H14BrNO3/c1-10-3-4-12(7-11(10)2)17(21)20-15-9-13-8-14(19)5-6-16(13)23-18(15)22/h3-9H,1-2H3,(H,20,21). The third kappa shape index (κ3) is 3.19. The molecule has 5 heteroatoms. The highest BCUT2D eigenvalue weighted by molar-refractivity contribution is 9.10. The monoisotopic (exact) mass is 371 g/mol. The summed E-state index contributed by atoms with van der Waals surface area (Å²) in [5.41, 5.74) is 2.66. The zero-order valence-corrected chi connectivity index (χ0v) is 14.2. The number of fused-ring (bicyclic) bond motifs is 1. The summed E-state index contributed by atoms with van der Waals surface area (Å²) in [6.45, 7) is 3.92. The molecule has 3 aromatic rings. The maximum Gasteiger partial charge on any atom is 0.360 e. The van der Waals surface area contributed by atoms with Crippen molar-refractivity contribution in [2.24, 2.45) is 0 Å². The second kappa shape index (κ2) is 6.01. The van der Waals surface area contributed by atoms with E-state index in [1.54, 1.807) is 30.3 Å². The van der Waals surface area contributed by atoms with E-state index in [1.807, 2.05) is 26.0 Å². The second-order valence-corrected chi connectivity index (χ2v) is 6.30. The minimum Gasteiger partial charge on any atom is -0.421 e. The number of aryl methyl sites for hydroxylation is 2. The summed E-state index contributed by atoms with van der Waals surface area (Å²) in [6.07, 6.45) is 0. The van der Waals surface area contributed by atoms with Crippen molar-refractivity contribution in [1.82, 2.24) is 0 Å². The fraction of sp³-hybridized carbons (Fsp3) is 0.111. The van der Waals surface area contributed by atoms with Crippen LogP contribution in [0.15, 0.2) is 56.1 Å². The molecule has 0 spiro atoms. The van der Waals surface area contributed by atoms with Gasteiger partial charge in [-0.1, -0.05) is 22.0 Å². The van der Waals surface area contributed by atoms with Crippen LogP contribution in [0.2, 0.25) is 0 Å². The van der Waals surface area contributed by atoms with Gasteiger partial charge < -0.3 is 9.73 Å². The minimum atomic E-state index is -0.572. The molecular weight excluding hydrogens is 358 g/mol. The third-order valence-electron chi connectivity index (χ3n) is 3.71.